The van der Waals surface area contributed by atoms with E-state index in [2.05, 4.69) is 0 Å². The number of hydrogen-bond acceptors (Lipinski definition) is 4. The molecular weight excluding hydrogens is 136 g/mol. The van der Waals surface area contributed by atoms with Gasteiger partial charge in [0.15, 0.2) is 0 Å². The smallest absolute Gasteiger partial charge is 0.111 e. The van der Waals surface area contributed by atoms with E-state index in [4.69, 9.17) is 14.6 Å². The highest BCUT2D eigenvalue weighted by atomic mass is 16.6. The SMILES string of the molecule is [O-][C@H]1CO[C@H]2[C@@H]1OC[C@@H]2O. The molecule has 0 bridgehead atoms. The van der Waals surface area contributed by atoms with E-state index in [0.717, 1.165) is 0 Å². The molecule has 2 aliphatic rings. The second-order valence-corrected chi connectivity index (χ2v) is 2.70. The topological polar surface area (TPSA) is 61.8 Å². The van der Waals surface area contributed by atoms with Crippen LogP contribution in [0.4, 0.5) is 0 Å². The van der Waals surface area contributed by atoms with Crippen LogP contribution in [0.3, 0.4) is 0 Å². The van der Waals surface area contributed by atoms with Gasteiger partial charge in [-0.1, -0.05) is 6.10 Å². The maximum absolute atomic E-state index is 10.9. The highest BCUT2D eigenvalue weighted by Gasteiger charge is 2.42. The Labute approximate surface area is 58.4 Å². The van der Waals surface area contributed by atoms with Gasteiger partial charge in [0.05, 0.1) is 12.7 Å². The van der Waals surface area contributed by atoms with Crippen molar-refractivity contribution in [3.63, 3.8) is 0 Å². The molecule has 0 aliphatic carbocycles. The Morgan fingerprint density at radius 1 is 1.20 bits per heavy atom. The standard InChI is InChI=1S/C6H9O4/c7-3-1-9-6-4(8)2-10-5(3)6/h3-7H,1-2H2/q-1/t3-,4-,5+,6+/m0/s1. The van der Waals surface area contributed by atoms with E-state index in [-0.39, 0.29) is 19.3 Å². The fraction of sp³-hybridized carbons (Fsp3) is 1.00. The molecule has 2 rings (SSSR count). The molecule has 1 N–H and O–H groups in total. The van der Waals surface area contributed by atoms with E-state index in [9.17, 15) is 5.11 Å². The van der Waals surface area contributed by atoms with Crippen LogP contribution in [-0.4, -0.2) is 42.7 Å². The molecule has 0 radical (unpaired) electrons. The second kappa shape index (κ2) is 2.17. The molecule has 0 aromatic heterocycles. The van der Waals surface area contributed by atoms with Gasteiger partial charge in [-0.05, 0) is 0 Å². The summed E-state index contributed by atoms with van der Waals surface area (Å²) in [5, 5.41) is 20.1. The normalized spacial score (nSPS) is 53.4. The Morgan fingerprint density at radius 2 is 1.90 bits per heavy atom. The van der Waals surface area contributed by atoms with Crippen LogP contribution in [0.15, 0.2) is 0 Å². The Hall–Kier alpha value is -0.160. The predicted molar refractivity (Wildman–Crippen MR) is 29.3 cm³/mol. The minimum absolute atomic E-state index is 0.173. The number of rotatable bonds is 0. The largest absolute Gasteiger partial charge is 0.848 e. The zero-order chi connectivity index (χ0) is 7.14. The molecule has 58 valence electrons. The minimum Gasteiger partial charge on any atom is -0.848 e. The van der Waals surface area contributed by atoms with Crippen molar-refractivity contribution in [3.8, 4) is 0 Å². The third-order valence-electron chi connectivity index (χ3n) is 1.98. The minimum atomic E-state index is -0.804. The van der Waals surface area contributed by atoms with Crippen LogP contribution in [0, 0.1) is 0 Å². The highest BCUT2D eigenvalue weighted by molar-refractivity contribution is 4.93. The molecule has 10 heavy (non-hydrogen) atoms. The van der Waals surface area contributed by atoms with Gasteiger partial charge in [-0.15, -0.1) is 0 Å². The van der Waals surface area contributed by atoms with Crippen molar-refractivity contribution in [1.82, 2.24) is 0 Å². The van der Waals surface area contributed by atoms with Crippen LogP contribution in [0.1, 0.15) is 0 Å². The first-order valence-electron chi connectivity index (χ1n) is 3.36. The predicted octanol–water partition coefficient (Wildman–Crippen LogP) is -2.13. The van der Waals surface area contributed by atoms with E-state index in [0.29, 0.717) is 0 Å². The highest BCUT2D eigenvalue weighted by Crippen LogP contribution is 2.25. The van der Waals surface area contributed by atoms with Crippen molar-refractivity contribution in [1.29, 1.82) is 0 Å². The zero-order valence-electron chi connectivity index (χ0n) is 5.40. The first-order chi connectivity index (χ1) is 4.79. The molecule has 2 saturated heterocycles. The van der Waals surface area contributed by atoms with Crippen molar-refractivity contribution >= 4 is 0 Å². The quantitative estimate of drug-likeness (QED) is 0.423. The lowest BCUT2D eigenvalue weighted by molar-refractivity contribution is -0.430. The molecule has 0 amide bonds. The van der Waals surface area contributed by atoms with Crippen LogP contribution in [-0.2, 0) is 9.47 Å². The van der Waals surface area contributed by atoms with Crippen molar-refractivity contribution in [3.05, 3.63) is 0 Å². The summed E-state index contributed by atoms with van der Waals surface area (Å²) in [6.07, 6.45) is -2.16. The van der Waals surface area contributed by atoms with Gasteiger partial charge in [-0.25, -0.2) is 0 Å². The Bertz CT molecular complexity index is 122. The van der Waals surface area contributed by atoms with Gasteiger partial charge in [0.25, 0.3) is 0 Å². The first-order valence-corrected chi connectivity index (χ1v) is 3.36. The molecule has 2 aliphatic heterocycles. The molecule has 0 spiro atoms. The molecule has 0 aromatic carbocycles. The molecule has 4 atom stereocenters. The van der Waals surface area contributed by atoms with E-state index < -0.39 is 18.3 Å². The number of hydrogen-bond donors (Lipinski definition) is 1. The number of fused-ring (bicyclic) bond motifs is 1. The molecular formula is C6H9O4-. The summed E-state index contributed by atoms with van der Waals surface area (Å²) in [4.78, 5) is 0. The lowest BCUT2D eigenvalue weighted by Gasteiger charge is -2.19. The van der Waals surface area contributed by atoms with Gasteiger partial charge in [-0.3, -0.25) is 0 Å². The van der Waals surface area contributed by atoms with Crippen LogP contribution in [0.5, 0.6) is 0 Å². The second-order valence-electron chi connectivity index (χ2n) is 2.70. The summed E-state index contributed by atoms with van der Waals surface area (Å²) in [5.41, 5.74) is 0. The Balaban J connectivity index is 2.09. The van der Waals surface area contributed by atoms with Crippen molar-refractivity contribution < 1.29 is 19.7 Å². The third kappa shape index (κ3) is 0.769. The summed E-state index contributed by atoms with van der Waals surface area (Å²) in [7, 11) is 0. The van der Waals surface area contributed by atoms with Gasteiger partial charge in [-0.2, -0.15) is 0 Å². The Morgan fingerprint density at radius 3 is 2.60 bits per heavy atom. The first kappa shape index (κ1) is 6.54. The van der Waals surface area contributed by atoms with E-state index in [1.165, 1.54) is 0 Å². The molecule has 2 heterocycles. The van der Waals surface area contributed by atoms with Crippen LogP contribution in [0.25, 0.3) is 0 Å². The number of aliphatic hydroxyl groups excluding tert-OH is 1. The van der Waals surface area contributed by atoms with Crippen molar-refractivity contribution in [2.75, 3.05) is 13.2 Å². The maximum Gasteiger partial charge on any atom is 0.111 e. The van der Waals surface area contributed by atoms with Gasteiger partial charge < -0.3 is 19.7 Å². The number of ether oxygens (including phenoxy) is 2. The molecule has 0 unspecified atom stereocenters. The molecule has 0 aromatic rings. The molecule has 4 nitrogen and oxygen atoms in total. The van der Waals surface area contributed by atoms with E-state index >= 15 is 0 Å². The molecule has 0 saturated carbocycles. The summed E-state index contributed by atoms with van der Waals surface area (Å²) in [6.45, 7) is 0.417. The fourth-order valence-electron chi connectivity index (χ4n) is 1.44. The van der Waals surface area contributed by atoms with Gasteiger partial charge in [0.2, 0.25) is 0 Å². The monoisotopic (exact) mass is 145 g/mol. The summed E-state index contributed by atoms with van der Waals surface area (Å²) < 4.78 is 10.0. The van der Waals surface area contributed by atoms with E-state index in [1.807, 2.05) is 0 Å². The van der Waals surface area contributed by atoms with Gasteiger partial charge in [0.1, 0.15) is 12.2 Å². The van der Waals surface area contributed by atoms with E-state index in [1.54, 1.807) is 0 Å². The van der Waals surface area contributed by atoms with Crippen molar-refractivity contribution in [2.24, 2.45) is 0 Å². The Kier molecular flexibility index (Phi) is 1.42. The maximum atomic E-state index is 10.9. The van der Waals surface area contributed by atoms with Crippen LogP contribution >= 0.6 is 0 Å². The molecule has 4 heteroatoms. The van der Waals surface area contributed by atoms with Gasteiger partial charge in [0, 0.05) is 6.61 Å². The number of aliphatic hydroxyl groups is 1. The lowest BCUT2D eigenvalue weighted by atomic mass is 10.1. The van der Waals surface area contributed by atoms with Crippen LogP contribution < -0.4 is 5.11 Å². The third-order valence-corrected chi connectivity index (χ3v) is 1.98. The average Bonchev–Trinajstić information content (AvgIpc) is 2.41. The average molecular weight is 145 g/mol. The molecule has 2 fully saturated rings. The summed E-state index contributed by atoms with van der Waals surface area (Å²) >= 11 is 0. The van der Waals surface area contributed by atoms with Gasteiger partial charge >= 0.3 is 0 Å². The van der Waals surface area contributed by atoms with Crippen molar-refractivity contribution in [2.45, 2.75) is 24.4 Å². The van der Waals surface area contributed by atoms with Crippen LogP contribution in [0.2, 0.25) is 0 Å². The zero-order valence-corrected chi connectivity index (χ0v) is 5.40. The lowest BCUT2D eigenvalue weighted by Crippen LogP contribution is -2.39. The summed E-state index contributed by atoms with van der Waals surface area (Å²) in [6, 6.07) is 0. The summed E-state index contributed by atoms with van der Waals surface area (Å²) in [5.74, 6) is 0. The fourth-order valence-corrected chi connectivity index (χ4v) is 1.44.